The molecule has 0 unspecified atom stereocenters. The van der Waals surface area contributed by atoms with E-state index in [1.54, 1.807) is 11.4 Å². The normalized spacial score (nSPS) is 10.8. The summed E-state index contributed by atoms with van der Waals surface area (Å²) in [5.74, 6) is -0.523. The minimum Gasteiger partial charge on any atom is -0.486 e. The lowest BCUT2D eigenvalue weighted by Crippen LogP contribution is -1.98. The van der Waals surface area contributed by atoms with E-state index in [0.29, 0.717) is 17.3 Å². The maximum absolute atomic E-state index is 10.7. The Morgan fingerprint density at radius 3 is 2.85 bits per heavy atom. The first-order valence-electron chi connectivity index (χ1n) is 5.66. The Kier molecular flexibility index (Phi) is 4.47. The van der Waals surface area contributed by atoms with Crippen molar-refractivity contribution >= 4 is 23.4 Å². The zero-order chi connectivity index (χ0) is 14.4. The van der Waals surface area contributed by atoms with Gasteiger partial charge in [0.15, 0.2) is 0 Å². The molecule has 0 atom stereocenters. The van der Waals surface area contributed by atoms with Gasteiger partial charge in [-0.1, -0.05) is 18.2 Å². The Morgan fingerprint density at radius 2 is 2.20 bits per heavy atom. The van der Waals surface area contributed by atoms with E-state index in [1.807, 2.05) is 30.3 Å². The van der Waals surface area contributed by atoms with Crippen LogP contribution in [0.5, 0.6) is 5.75 Å². The second-order valence-corrected chi connectivity index (χ2v) is 4.69. The van der Waals surface area contributed by atoms with Crippen LogP contribution in [0.4, 0.5) is 0 Å². The number of aromatic nitrogens is 1. The molecule has 0 spiro atoms. The fourth-order valence-electron chi connectivity index (χ4n) is 1.41. The Labute approximate surface area is 119 Å². The fourth-order valence-corrected chi connectivity index (χ4v) is 2.07. The van der Waals surface area contributed by atoms with Crippen molar-refractivity contribution in [3.05, 3.63) is 52.0 Å². The first-order valence-corrected chi connectivity index (χ1v) is 6.54. The smallest absolute Gasteiger partial charge is 0.346 e. The largest absolute Gasteiger partial charge is 0.486 e. The van der Waals surface area contributed by atoms with Crippen LogP contribution in [0.15, 0.2) is 41.3 Å². The lowest BCUT2D eigenvalue weighted by molar-refractivity contribution is -0.132. The van der Waals surface area contributed by atoms with Crippen molar-refractivity contribution < 1.29 is 14.6 Å². The van der Waals surface area contributed by atoms with Gasteiger partial charge in [-0.05, 0) is 18.2 Å². The number of carboxylic acids is 1. The summed E-state index contributed by atoms with van der Waals surface area (Å²) in [6.45, 7) is 0.303. The maximum atomic E-state index is 10.7. The number of nitriles is 1. The molecule has 0 aliphatic rings. The molecular weight excluding hydrogens is 276 g/mol. The summed E-state index contributed by atoms with van der Waals surface area (Å²) in [5.41, 5.74) is 0.103. The average Bonchev–Trinajstić information content (AvgIpc) is 2.91. The number of hydrogen-bond acceptors (Lipinski definition) is 5. The van der Waals surface area contributed by atoms with Gasteiger partial charge in [0.2, 0.25) is 0 Å². The van der Waals surface area contributed by atoms with Gasteiger partial charge >= 0.3 is 5.97 Å². The van der Waals surface area contributed by atoms with Gasteiger partial charge in [0.1, 0.15) is 29.0 Å². The molecule has 0 fully saturated rings. The molecule has 0 aliphatic heterocycles. The van der Waals surface area contributed by atoms with Crippen LogP contribution in [0.25, 0.3) is 6.08 Å². The van der Waals surface area contributed by atoms with Crippen molar-refractivity contribution in [2.24, 2.45) is 0 Å². The van der Waals surface area contributed by atoms with E-state index in [2.05, 4.69) is 4.98 Å². The molecule has 20 heavy (non-hydrogen) atoms. The minimum atomic E-state index is -1.26. The van der Waals surface area contributed by atoms with Gasteiger partial charge < -0.3 is 9.84 Å². The lowest BCUT2D eigenvalue weighted by Gasteiger charge is -2.02. The van der Waals surface area contributed by atoms with Crippen molar-refractivity contribution in [3.63, 3.8) is 0 Å². The van der Waals surface area contributed by atoms with Crippen LogP contribution in [0, 0.1) is 11.3 Å². The monoisotopic (exact) mass is 286 g/mol. The standard InChI is InChI=1S/C14H10N2O3S/c15-7-10(14(17)18)6-11-9-20-13(16-11)8-19-12-4-2-1-3-5-12/h1-6,9H,8H2,(H,17,18). The number of rotatable bonds is 5. The van der Waals surface area contributed by atoms with E-state index in [0.717, 1.165) is 5.75 Å². The molecule has 100 valence electrons. The molecule has 0 saturated heterocycles. The zero-order valence-corrected chi connectivity index (χ0v) is 11.1. The van der Waals surface area contributed by atoms with Gasteiger partial charge in [-0.15, -0.1) is 11.3 Å². The second-order valence-electron chi connectivity index (χ2n) is 3.74. The molecule has 5 nitrogen and oxygen atoms in total. The average molecular weight is 286 g/mol. The third-order valence-electron chi connectivity index (χ3n) is 2.32. The van der Waals surface area contributed by atoms with Crippen molar-refractivity contribution in [2.75, 3.05) is 0 Å². The van der Waals surface area contributed by atoms with Crippen molar-refractivity contribution in [3.8, 4) is 11.8 Å². The number of hydrogen-bond donors (Lipinski definition) is 1. The zero-order valence-electron chi connectivity index (χ0n) is 10.3. The number of thiazole rings is 1. The molecule has 0 saturated carbocycles. The van der Waals surface area contributed by atoms with Crippen LogP contribution in [0.1, 0.15) is 10.7 Å². The Hall–Kier alpha value is -2.65. The summed E-state index contributed by atoms with van der Waals surface area (Å²) in [7, 11) is 0. The number of ether oxygens (including phenoxy) is 1. The van der Waals surface area contributed by atoms with E-state index in [-0.39, 0.29) is 5.57 Å². The third kappa shape index (κ3) is 3.67. The quantitative estimate of drug-likeness (QED) is 0.675. The fraction of sp³-hybridized carbons (Fsp3) is 0.0714. The molecule has 0 radical (unpaired) electrons. The van der Waals surface area contributed by atoms with Crippen molar-refractivity contribution in [2.45, 2.75) is 6.61 Å². The molecule has 0 aliphatic carbocycles. The minimum absolute atomic E-state index is 0.303. The highest BCUT2D eigenvalue weighted by Gasteiger charge is 2.08. The van der Waals surface area contributed by atoms with Gasteiger partial charge in [0.05, 0.1) is 5.69 Å². The van der Waals surface area contributed by atoms with Crippen LogP contribution < -0.4 is 4.74 Å². The van der Waals surface area contributed by atoms with E-state index >= 15 is 0 Å². The Morgan fingerprint density at radius 1 is 1.45 bits per heavy atom. The number of carboxylic acid groups (broad SMARTS) is 1. The molecule has 2 aromatic rings. The predicted molar refractivity (Wildman–Crippen MR) is 74.1 cm³/mol. The van der Waals surface area contributed by atoms with Crippen molar-refractivity contribution in [1.29, 1.82) is 5.26 Å². The number of aliphatic carboxylic acids is 1. The number of nitrogens with zero attached hydrogens (tertiary/aromatic N) is 2. The van der Waals surface area contributed by atoms with Crippen LogP contribution in [0.2, 0.25) is 0 Å². The number of carbonyl (C=O) groups is 1. The summed E-state index contributed by atoms with van der Waals surface area (Å²) in [6, 6.07) is 10.9. The van der Waals surface area contributed by atoms with Crippen LogP contribution in [-0.2, 0) is 11.4 Å². The van der Waals surface area contributed by atoms with Crippen LogP contribution in [0.3, 0.4) is 0 Å². The second kappa shape index (κ2) is 6.50. The molecule has 6 heteroatoms. The summed E-state index contributed by atoms with van der Waals surface area (Å²) < 4.78 is 5.53. The molecular formula is C14H10N2O3S. The van der Waals surface area contributed by atoms with Gasteiger partial charge in [0, 0.05) is 5.38 Å². The van der Waals surface area contributed by atoms with Gasteiger partial charge in [-0.3, -0.25) is 0 Å². The SMILES string of the molecule is N#CC(=Cc1csc(COc2ccccc2)n1)C(=O)O. The summed E-state index contributed by atoms with van der Waals surface area (Å²) in [6.07, 6.45) is 1.24. The van der Waals surface area contributed by atoms with Gasteiger partial charge in [-0.2, -0.15) is 5.26 Å². The molecule has 1 N–H and O–H groups in total. The summed E-state index contributed by atoms with van der Waals surface area (Å²) in [4.78, 5) is 14.9. The van der Waals surface area contributed by atoms with E-state index in [9.17, 15) is 4.79 Å². The van der Waals surface area contributed by atoms with E-state index in [4.69, 9.17) is 15.1 Å². The molecule has 2 rings (SSSR count). The third-order valence-corrected chi connectivity index (χ3v) is 3.16. The summed E-state index contributed by atoms with van der Waals surface area (Å²) >= 11 is 1.35. The molecule has 1 heterocycles. The van der Waals surface area contributed by atoms with E-state index < -0.39 is 5.97 Å². The Bertz CT molecular complexity index is 671. The molecule has 0 amide bonds. The topological polar surface area (TPSA) is 83.2 Å². The van der Waals surface area contributed by atoms with Crippen molar-refractivity contribution in [1.82, 2.24) is 4.98 Å². The van der Waals surface area contributed by atoms with E-state index in [1.165, 1.54) is 17.4 Å². The van der Waals surface area contributed by atoms with Gasteiger partial charge in [-0.25, -0.2) is 9.78 Å². The number of para-hydroxylation sites is 1. The molecule has 0 bridgehead atoms. The van der Waals surface area contributed by atoms with Gasteiger partial charge in [0.25, 0.3) is 0 Å². The maximum Gasteiger partial charge on any atom is 0.346 e. The first-order chi connectivity index (χ1) is 9.69. The highest BCUT2D eigenvalue weighted by Crippen LogP contribution is 2.16. The highest BCUT2D eigenvalue weighted by atomic mass is 32.1. The summed E-state index contributed by atoms with van der Waals surface area (Å²) in [5, 5.41) is 19.8. The lowest BCUT2D eigenvalue weighted by atomic mass is 10.2. The highest BCUT2D eigenvalue weighted by molar-refractivity contribution is 7.09. The molecule has 1 aromatic carbocycles. The molecule has 1 aromatic heterocycles. The Balaban J connectivity index is 2.03. The van der Waals surface area contributed by atoms with Crippen LogP contribution in [-0.4, -0.2) is 16.1 Å². The first kappa shape index (κ1) is 13.8. The van der Waals surface area contributed by atoms with Crippen LogP contribution >= 0.6 is 11.3 Å². The predicted octanol–water partition coefficient (Wildman–Crippen LogP) is 2.71. The number of benzene rings is 1.